The zero-order valence-corrected chi connectivity index (χ0v) is 11.3. The van der Waals surface area contributed by atoms with Crippen LogP contribution < -0.4 is 16.2 Å². The van der Waals surface area contributed by atoms with Crippen LogP contribution in [-0.2, 0) is 0 Å². The molecule has 0 bridgehead atoms. The molecule has 0 aromatic heterocycles. The van der Waals surface area contributed by atoms with Crippen molar-refractivity contribution in [2.45, 2.75) is 39.2 Å². The molecule has 4 heteroatoms. The van der Waals surface area contributed by atoms with Crippen LogP contribution in [0.2, 0.25) is 0 Å². The summed E-state index contributed by atoms with van der Waals surface area (Å²) in [6.45, 7) is 6.37. The van der Waals surface area contributed by atoms with Gasteiger partial charge in [-0.2, -0.15) is 0 Å². The molecule has 0 heterocycles. The van der Waals surface area contributed by atoms with E-state index in [9.17, 15) is 4.79 Å². The molecule has 1 aromatic rings. The van der Waals surface area contributed by atoms with Gasteiger partial charge in [0.15, 0.2) is 0 Å². The summed E-state index contributed by atoms with van der Waals surface area (Å²) in [5.74, 6) is 0.0276. The fraction of sp³-hybridized carbons (Fsp3) is 0.500. The molecular formula is C14H22N2O2. The van der Waals surface area contributed by atoms with Crippen molar-refractivity contribution in [2.24, 2.45) is 11.5 Å². The summed E-state index contributed by atoms with van der Waals surface area (Å²) >= 11 is 0. The average Bonchev–Trinajstić information content (AvgIpc) is 2.35. The second-order valence-electron chi connectivity index (χ2n) is 4.72. The van der Waals surface area contributed by atoms with E-state index < -0.39 is 5.91 Å². The number of nitrogens with two attached hydrogens (primary N) is 2. The second-order valence-corrected chi connectivity index (χ2v) is 4.72. The molecule has 0 radical (unpaired) electrons. The van der Waals surface area contributed by atoms with Gasteiger partial charge in [0, 0.05) is 5.54 Å². The summed E-state index contributed by atoms with van der Waals surface area (Å²) in [4.78, 5) is 11.3. The Labute approximate surface area is 108 Å². The van der Waals surface area contributed by atoms with Crippen LogP contribution in [0.15, 0.2) is 18.2 Å². The van der Waals surface area contributed by atoms with Crippen molar-refractivity contribution in [1.29, 1.82) is 0 Å². The Hall–Kier alpha value is -1.55. The minimum absolute atomic E-state index is 0.362. The summed E-state index contributed by atoms with van der Waals surface area (Å²) in [5.41, 5.74) is 12.5. The molecule has 0 saturated heterocycles. The van der Waals surface area contributed by atoms with Gasteiger partial charge in [-0.15, -0.1) is 0 Å². The number of amides is 1. The first kappa shape index (κ1) is 14.5. The molecule has 1 amide bonds. The van der Waals surface area contributed by atoms with Crippen molar-refractivity contribution < 1.29 is 9.53 Å². The summed E-state index contributed by atoms with van der Waals surface area (Å²) in [6, 6.07) is 5.33. The largest absolute Gasteiger partial charge is 0.491 e. The molecule has 0 saturated carbocycles. The molecule has 0 spiro atoms. The van der Waals surface area contributed by atoms with Gasteiger partial charge in [-0.3, -0.25) is 4.79 Å². The Morgan fingerprint density at radius 1 is 1.33 bits per heavy atom. The smallest absolute Gasteiger partial charge is 0.252 e. The van der Waals surface area contributed by atoms with Crippen LogP contribution in [0.1, 0.15) is 42.6 Å². The van der Waals surface area contributed by atoms with Crippen LogP contribution in [-0.4, -0.2) is 18.1 Å². The van der Waals surface area contributed by atoms with E-state index in [-0.39, 0.29) is 5.54 Å². The molecule has 0 atom stereocenters. The molecule has 18 heavy (non-hydrogen) atoms. The Balaban J connectivity index is 2.90. The maximum Gasteiger partial charge on any atom is 0.252 e. The number of hydrogen-bond acceptors (Lipinski definition) is 3. The lowest BCUT2D eigenvalue weighted by molar-refractivity contribution is 0.0994. The molecule has 1 aromatic carbocycles. The van der Waals surface area contributed by atoms with E-state index in [1.165, 1.54) is 0 Å². The molecule has 0 unspecified atom stereocenters. The number of primary amides is 1. The normalized spacial score (nSPS) is 11.3. The van der Waals surface area contributed by atoms with Crippen molar-refractivity contribution in [3.05, 3.63) is 29.3 Å². The summed E-state index contributed by atoms with van der Waals surface area (Å²) < 4.78 is 5.70. The van der Waals surface area contributed by atoms with Gasteiger partial charge in [-0.05, 0) is 37.5 Å². The number of rotatable bonds is 6. The Morgan fingerprint density at radius 3 is 2.44 bits per heavy atom. The van der Waals surface area contributed by atoms with Gasteiger partial charge in [0.2, 0.25) is 0 Å². The van der Waals surface area contributed by atoms with Crippen LogP contribution in [0.4, 0.5) is 0 Å². The third-order valence-corrected chi connectivity index (χ3v) is 3.33. The summed E-state index contributed by atoms with van der Waals surface area (Å²) in [6.07, 6.45) is 1.64. The molecule has 0 aliphatic rings. The van der Waals surface area contributed by atoms with E-state index in [2.05, 4.69) is 0 Å². The molecule has 0 aliphatic carbocycles. The van der Waals surface area contributed by atoms with Crippen LogP contribution >= 0.6 is 0 Å². The average molecular weight is 250 g/mol. The fourth-order valence-electron chi connectivity index (χ4n) is 1.63. The highest BCUT2D eigenvalue weighted by Crippen LogP contribution is 2.22. The number of carbonyl (C=O) groups is 1. The second kappa shape index (κ2) is 5.87. The van der Waals surface area contributed by atoms with Gasteiger partial charge >= 0.3 is 0 Å². The monoisotopic (exact) mass is 250 g/mol. The molecule has 0 aliphatic heterocycles. The van der Waals surface area contributed by atoms with Gasteiger partial charge in [-0.25, -0.2) is 0 Å². The first-order chi connectivity index (χ1) is 8.41. The van der Waals surface area contributed by atoms with Crippen LogP contribution in [0.5, 0.6) is 5.75 Å². The molecular weight excluding hydrogens is 228 g/mol. The summed E-state index contributed by atoms with van der Waals surface area (Å²) in [7, 11) is 0. The minimum Gasteiger partial charge on any atom is -0.491 e. The first-order valence-electron chi connectivity index (χ1n) is 6.24. The van der Waals surface area contributed by atoms with E-state index in [1.54, 1.807) is 6.07 Å². The van der Waals surface area contributed by atoms with Gasteiger partial charge in [0.1, 0.15) is 12.4 Å². The van der Waals surface area contributed by atoms with Crippen LogP contribution in [0.3, 0.4) is 0 Å². The molecule has 4 N–H and O–H groups in total. The van der Waals surface area contributed by atoms with Crippen molar-refractivity contribution in [1.82, 2.24) is 0 Å². The van der Waals surface area contributed by atoms with Crippen LogP contribution in [0, 0.1) is 6.92 Å². The van der Waals surface area contributed by atoms with E-state index in [0.29, 0.717) is 17.9 Å². The first-order valence-corrected chi connectivity index (χ1v) is 6.24. The lowest BCUT2D eigenvalue weighted by Gasteiger charge is -2.27. The number of carbonyl (C=O) groups excluding carboxylic acids is 1. The number of benzene rings is 1. The molecule has 1 rings (SSSR count). The van der Waals surface area contributed by atoms with Crippen molar-refractivity contribution >= 4 is 5.91 Å². The zero-order valence-electron chi connectivity index (χ0n) is 11.3. The van der Waals surface area contributed by atoms with Gasteiger partial charge in [0.25, 0.3) is 5.91 Å². The Kier molecular flexibility index (Phi) is 4.73. The highest BCUT2D eigenvalue weighted by molar-refractivity contribution is 5.95. The van der Waals surface area contributed by atoms with Crippen molar-refractivity contribution in [3.8, 4) is 5.75 Å². The third kappa shape index (κ3) is 3.47. The highest BCUT2D eigenvalue weighted by Gasteiger charge is 2.22. The van der Waals surface area contributed by atoms with Gasteiger partial charge in [0.05, 0.1) is 5.56 Å². The Morgan fingerprint density at radius 2 is 1.94 bits per heavy atom. The molecule has 100 valence electrons. The van der Waals surface area contributed by atoms with Crippen molar-refractivity contribution in [3.63, 3.8) is 0 Å². The van der Waals surface area contributed by atoms with E-state index in [4.69, 9.17) is 16.2 Å². The van der Waals surface area contributed by atoms with Gasteiger partial charge < -0.3 is 16.2 Å². The van der Waals surface area contributed by atoms with E-state index in [0.717, 1.165) is 18.4 Å². The molecule has 4 nitrogen and oxygen atoms in total. The van der Waals surface area contributed by atoms with Gasteiger partial charge in [-0.1, -0.05) is 19.9 Å². The minimum atomic E-state index is -0.486. The maximum absolute atomic E-state index is 11.3. The highest BCUT2D eigenvalue weighted by atomic mass is 16.5. The summed E-state index contributed by atoms with van der Waals surface area (Å²) in [5, 5.41) is 0. The predicted octanol–water partition coefficient (Wildman–Crippen LogP) is 1.99. The number of ether oxygens (including phenoxy) is 1. The predicted molar refractivity (Wildman–Crippen MR) is 72.7 cm³/mol. The molecule has 0 fully saturated rings. The quantitative estimate of drug-likeness (QED) is 0.810. The SMILES string of the molecule is CCC(N)(CC)COc1cc(C)ccc1C(N)=O. The van der Waals surface area contributed by atoms with E-state index >= 15 is 0 Å². The third-order valence-electron chi connectivity index (χ3n) is 3.33. The van der Waals surface area contributed by atoms with Crippen LogP contribution in [0.25, 0.3) is 0 Å². The zero-order chi connectivity index (χ0) is 13.8. The lowest BCUT2D eigenvalue weighted by atomic mass is 9.95. The van der Waals surface area contributed by atoms with E-state index in [1.807, 2.05) is 32.9 Å². The standard InChI is InChI=1S/C14H22N2O2/c1-4-14(16,5-2)9-18-12-8-10(3)6-7-11(12)13(15)17/h6-8H,4-5,9,16H2,1-3H3,(H2,15,17). The van der Waals surface area contributed by atoms with Crippen molar-refractivity contribution in [2.75, 3.05) is 6.61 Å². The number of aryl methyl sites for hydroxylation is 1. The Bertz CT molecular complexity index is 426. The lowest BCUT2D eigenvalue weighted by Crippen LogP contribution is -2.44. The maximum atomic E-state index is 11.3. The number of hydrogen-bond donors (Lipinski definition) is 2. The topological polar surface area (TPSA) is 78.3 Å². The fourth-order valence-corrected chi connectivity index (χ4v) is 1.63.